The van der Waals surface area contributed by atoms with Gasteiger partial charge in [-0.15, -0.1) is 0 Å². The summed E-state index contributed by atoms with van der Waals surface area (Å²) in [4.78, 5) is 2.30. The van der Waals surface area contributed by atoms with E-state index in [0.717, 1.165) is 37.3 Å². The first-order valence-corrected chi connectivity index (χ1v) is 6.98. The van der Waals surface area contributed by atoms with E-state index in [1.165, 1.54) is 0 Å². The van der Waals surface area contributed by atoms with Crippen LogP contribution >= 0.6 is 0 Å². The summed E-state index contributed by atoms with van der Waals surface area (Å²) in [5.74, 6) is 0.561. The topological polar surface area (TPSA) is 15.3 Å². The van der Waals surface area contributed by atoms with Crippen molar-refractivity contribution in [3.63, 3.8) is 0 Å². The van der Waals surface area contributed by atoms with Crippen LogP contribution in [0.3, 0.4) is 0 Å². The van der Waals surface area contributed by atoms with Crippen molar-refractivity contribution in [3.05, 3.63) is 35.4 Å². The third kappa shape index (κ3) is 3.96. The van der Waals surface area contributed by atoms with Crippen molar-refractivity contribution in [1.29, 1.82) is 0 Å². The summed E-state index contributed by atoms with van der Waals surface area (Å²) < 4.78 is 37.5. The maximum absolute atomic E-state index is 12.5. The fourth-order valence-electron chi connectivity index (χ4n) is 2.49. The number of hydrogen-bond donors (Lipinski definition) is 1. The minimum Gasteiger partial charge on any atom is -0.311 e. The lowest BCUT2D eigenvalue weighted by Crippen LogP contribution is -2.52. The second-order valence-corrected chi connectivity index (χ2v) is 5.73. The zero-order valence-corrected chi connectivity index (χ0v) is 11.9. The zero-order chi connectivity index (χ0) is 14.8. The third-order valence-corrected chi connectivity index (χ3v) is 3.78. The van der Waals surface area contributed by atoms with Crippen molar-refractivity contribution in [2.24, 2.45) is 5.92 Å². The van der Waals surface area contributed by atoms with Crippen molar-refractivity contribution in [3.8, 4) is 0 Å². The van der Waals surface area contributed by atoms with Gasteiger partial charge in [0.05, 0.1) is 5.56 Å². The van der Waals surface area contributed by atoms with Gasteiger partial charge in [0.2, 0.25) is 0 Å². The van der Waals surface area contributed by atoms with E-state index < -0.39 is 11.7 Å². The van der Waals surface area contributed by atoms with E-state index in [9.17, 15) is 13.2 Å². The van der Waals surface area contributed by atoms with Crippen LogP contribution in [-0.4, -0.2) is 30.6 Å². The number of nitrogens with one attached hydrogen (secondary N) is 1. The molecule has 1 saturated heterocycles. The number of rotatable bonds is 3. The van der Waals surface area contributed by atoms with E-state index in [4.69, 9.17) is 0 Å². The molecule has 20 heavy (non-hydrogen) atoms. The molecule has 2 rings (SSSR count). The Morgan fingerprint density at radius 3 is 2.45 bits per heavy atom. The molecule has 1 aromatic rings. The predicted molar refractivity (Wildman–Crippen MR) is 73.3 cm³/mol. The highest BCUT2D eigenvalue weighted by Crippen LogP contribution is 2.29. The molecule has 1 fully saturated rings. The van der Waals surface area contributed by atoms with Gasteiger partial charge in [-0.1, -0.05) is 26.0 Å². The molecule has 0 amide bonds. The zero-order valence-electron chi connectivity index (χ0n) is 11.9. The molecule has 1 heterocycles. The van der Waals surface area contributed by atoms with Gasteiger partial charge in [0, 0.05) is 32.2 Å². The minimum atomic E-state index is -4.25. The lowest BCUT2D eigenvalue weighted by Gasteiger charge is -2.35. The molecule has 2 nitrogen and oxygen atoms in total. The van der Waals surface area contributed by atoms with Gasteiger partial charge in [-0.3, -0.25) is 4.90 Å². The third-order valence-electron chi connectivity index (χ3n) is 3.78. The van der Waals surface area contributed by atoms with E-state index in [0.29, 0.717) is 18.5 Å². The van der Waals surface area contributed by atoms with Gasteiger partial charge in [0.15, 0.2) is 0 Å². The number of nitrogens with zero attached hydrogens (tertiary/aromatic N) is 1. The monoisotopic (exact) mass is 286 g/mol. The van der Waals surface area contributed by atoms with Gasteiger partial charge in [0.25, 0.3) is 0 Å². The molecule has 0 aromatic heterocycles. The molecular weight excluding hydrogens is 265 g/mol. The van der Waals surface area contributed by atoms with Crippen LogP contribution in [0.2, 0.25) is 0 Å². The molecule has 0 radical (unpaired) electrons. The first kappa shape index (κ1) is 15.3. The quantitative estimate of drug-likeness (QED) is 0.918. The average Bonchev–Trinajstić information content (AvgIpc) is 2.38. The predicted octanol–water partition coefficient (Wildman–Crippen LogP) is 3.14. The Hall–Kier alpha value is -1.07. The van der Waals surface area contributed by atoms with E-state index in [-0.39, 0.29) is 0 Å². The maximum Gasteiger partial charge on any atom is 0.416 e. The highest BCUT2D eigenvalue weighted by atomic mass is 19.4. The number of piperazine rings is 1. The SMILES string of the molecule is CC(C)C1CN(Cc2ccc(C(F)(F)F)cc2)CCN1. The lowest BCUT2D eigenvalue weighted by molar-refractivity contribution is -0.137. The normalized spacial score (nSPS) is 21.4. The highest BCUT2D eigenvalue weighted by Gasteiger charge is 2.30. The van der Waals surface area contributed by atoms with E-state index >= 15 is 0 Å². The lowest BCUT2D eigenvalue weighted by atomic mass is 10.0. The Morgan fingerprint density at radius 2 is 1.90 bits per heavy atom. The summed E-state index contributed by atoms with van der Waals surface area (Å²) in [6.45, 7) is 7.88. The highest BCUT2D eigenvalue weighted by molar-refractivity contribution is 5.24. The molecule has 1 N–H and O–H groups in total. The van der Waals surface area contributed by atoms with E-state index in [1.54, 1.807) is 12.1 Å². The molecule has 5 heteroatoms. The number of hydrogen-bond acceptors (Lipinski definition) is 2. The first-order valence-electron chi connectivity index (χ1n) is 6.98. The van der Waals surface area contributed by atoms with Crippen molar-refractivity contribution in [1.82, 2.24) is 10.2 Å². The summed E-state index contributed by atoms with van der Waals surface area (Å²) in [5, 5.41) is 3.47. The van der Waals surface area contributed by atoms with Crippen molar-refractivity contribution >= 4 is 0 Å². The number of halogens is 3. The summed E-state index contributed by atoms with van der Waals surface area (Å²) >= 11 is 0. The van der Waals surface area contributed by atoms with Crippen LogP contribution in [0.5, 0.6) is 0 Å². The van der Waals surface area contributed by atoms with Crippen LogP contribution in [0.25, 0.3) is 0 Å². The van der Waals surface area contributed by atoms with Crippen LogP contribution in [0.15, 0.2) is 24.3 Å². The van der Waals surface area contributed by atoms with Gasteiger partial charge >= 0.3 is 6.18 Å². The molecule has 1 aromatic carbocycles. The fourth-order valence-corrected chi connectivity index (χ4v) is 2.49. The number of benzene rings is 1. The molecule has 112 valence electrons. The van der Waals surface area contributed by atoms with Gasteiger partial charge in [-0.2, -0.15) is 13.2 Å². The molecule has 0 aliphatic carbocycles. The minimum absolute atomic E-state index is 0.457. The van der Waals surface area contributed by atoms with Crippen LogP contribution in [0.1, 0.15) is 25.0 Å². The summed E-state index contributed by atoms with van der Waals surface area (Å²) in [5.41, 5.74) is 0.351. The van der Waals surface area contributed by atoms with Gasteiger partial charge in [-0.05, 0) is 23.6 Å². The Kier molecular flexibility index (Phi) is 4.70. The van der Waals surface area contributed by atoms with Crippen LogP contribution in [-0.2, 0) is 12.7 Å². The van der Waals surface area contributed by atoms with Crippen LogP contribution < -0.4 is 5.32 Å². The molecule has 1 aliphatic heterocycles. The molecule has 0 spiro atoms. The van der Waals surface area contributed by atoms with Gasteiger partial charge < -0.3 is 5.32 Å². The van der Waals surface area contributed by atoms with Crippen molar-refractivity contribution in [2.45, 2.75) is 32.6 Å². The second-order valence-electron chi connectivity index (χ2n) is 5.73. The Bertz CT molecular complexity index is 426. The second kappa shape index (κ2) is 6.14. The van der Waals surface area contributed by atoms with E-state index in [2.05, 4.69) is 24.1 Å². The molecular formula is C15H21F3N2. The maximum atomic E-state index is 12.5. The Labute approximate surface area is 118 Å². The Morgan fingerprint density at radius 1 is 1.25 bits per heavy atom. The smallest absolute Gasteiger partial charge is 0.311 e. The Balaban J connectivity index is 1.96. The van der Waals surface area contributed by atoms with Crippen molar-refractivity contribution in [2.75, 3.05) is 19.6 Å². The number of alkyl halides is 3. The molecule has 1 atom stereocenters. The summed E-state index contributed by atoms with van der Waals surface area (Å²) in [6, 6.07) is 5.94. The van der Waals surface area contributed by atoms with Crippen LogP contribution in [0.4, 0.5) is 13.2 Å². The first-order chi connectivity index (χ1) is 9.36. The van der Waals surface area contributed by atoms with Gasteiger partial charge in [0.1, 0.15) is 0 Å². The largest absolute Gasteiger partial charge is 0.416 e. The average molecular weight is 286 g/mol. The molecule has 0 saturated carbocycles. The van der Waals surface area contributed by atoms with Crippen LogP contribution in [0, 0.1) is 5.92 Å². The molecule has 1 unspecified atom stereocenters. The summed E-state index contributed by atoms with van der Waals surface area (Å²) in [6.07, 6.45) is -4.25. The molecule has 1 aliphatic rings. The van der Waals surface area contributed by atoms with Crippen molar-refractivity contribution < 1.29 is 13.2 Å². The summed E-state index contributed by atoms with van der Waals surface area (Å²) in [7, 11) is 0. The fraction of sp³-hybridized carbons (Fsp3) is 0.600. The molecule has 0 bridgehead atoms. The standard InChI is InChI=1S/C15H21F3N2/c1-11(2)14-10-20(8-7-19-14)9-12-3-5-13(6-4-12)15(16,17)18/h3-6,11,14,19H,7-10H2,1-2H3. The van der Waals surface area contributed by atoms with Gasteiger partial charge in [-0.25, -0.2) is 0 Å². The van der Waals surface area contributed by atoms with E-state index in [1.807, 2.05) is 0 Å².